The van der Waals surface area contributed by atoms with E-state index in [1.807, 2.05) is 18.2 Å². The van der Waals surface area contributed by atoms with E-state index in [1.165, 1.54) is 6.07 Å². The molecule has 3 aromatic rings. The molecular formula is C25H26FN3O2. The summed E-state index contributed by atoms with van der Waals surface area (Å²) in [6, 6.07) is 18.7. The second-order valence-corrected chi connectivity index (χ2v) is 7.98. The minimum absolute atomic E-state index is 0.0605. The van der Waals surface area contributed by atoms with Crippen LogP contribution >= 0.6 is 0 Å². The van der Waals surface area contributed by atoms with E-state index in [4.69, 9.17) is 0 Å². The minimum atomic E-state index is -0.539. The molecule has 1 saturated heterocycles. The second kappa shape index (κ2) is 9.27. The van der Waals surface area contributed by atoms with Gasteiger partial charge in [0.05, 0.1) is 12.5 Å². The van der Waals surface area contributed by atoms with E-state index < -0.39 is 6.04 Å². The fourth-order valence-electron chi connectivity index (χ4n) is 4.02. The molecule has 1 atom stereocenters. The molecule has 0 unspecified atom stereocenters. The molecule has 0 saturated carbocycles. The predicted molar refractivity (Wildman–Crippen MR) is 119 cm³/mol. The molecule has 2 amide bonds. The molecule has 1 aliphatic rings. The highest BCUT2D eigenvalue weighted by molar-refractivity contribution is 5.89. The quantitative estimate of drug-likeness (QED) is 0.645. The summed E-state index contributed by atoms with van der Waals surface area (Å²) >= 11 is 0. The van der Waals surface area contributed by atoms with Gasteiger partial charge in [0.15, 0.2) is 0 Å². The van der Waals surface area contributed by atoms with E-state index in [-0.39, 0.29) is 30.6 Å². The van der Waals surface area contributed by atoms with E-state index in [0.717, 1.165) is 16.3 Å². The molecule has 3 aromatic carbocycles. The van der Waals surface area contributed by atoms with Crippen LogP contribution in [-0.4, -0.2) is 35.8 Å². The van der Waals surface area contributed by atoms with Crippen LogP contribution in [0.2, 0.25) is 0 Å². The van der Waals surface area contributed by atoms with Crippen LogP contribution in [0.3, 0.4) is 0 Å². The second-order valence-electron chi connectivity index (χ2n) is 7.98. The number of benzene rings is 3. The number of hydrogen-bond donors (Lipinski definition) is 2. The fourth-order valence-corrected chi connectivity index (χ4v) is 4.02. The van der Waals surface area contributed by atoms with Gasteiger partial charge in [-0.25, -0.2) is 4.39 Å². The molecule has 1 fully saturated rings. The summed E-state index contributed by atoms with van der Waals surface area (Å²) in [6.07, 6.45) is 0.0605. The molecule has 0 spiro atoms. The number of nitrogens with one attached hydrogen (secondary N) is 2. The number of piperazine rings is 1. The number of carbonyl (C=O) groups excluding carboxylic acids is 2. The SMILES string of the molecule is Cc1ccc(CNC(=O)C[C@@H]2C(=O)NCCN2Cc2cccc3ccccc23)cc1F. The van der Waals surface area contributed by atoms with Gasteiger partial charge < -0.3 is 10.6 Å². The largest absolute Gasteiger partial charge is 0.353 e. The zero-order valence-electron chi connectivity index (χ0n) is 17.5. The average Bonchev–Trinajstić information content (AvgIpc) is 2.77. The Morgan fingerprint density at radius 2 is 1.97 bits per heavy atom. The van der Waals surface area contributed by atoms with Crippen molar-refractivity contribution in [2.45, 2.75) is 32.5 Å². The highest BCUT2D eigenvalue weighted by Gasteiger charge is 2.31. The summed E-state index contributed by atoms with van der Waals surface area (Å²) in [5, 5.41) is 7.99. The summed E-state index contributed by atoms with van der Waals surface area (Å²) in [6.45, 7) is 3.76. The van der Waals surface area contributed by atoms with Crippen molar-refractivity contribution in [1.29, 1.82) is 0 Å². The summed E-state index contributed by atoms with van der Waals surface area (Å²) in [7, 11) is 0. The fraction of sp³-hybridized carbons (Fsp3) is 0.280. The van der Waals surface area contributed by atoms with Gasteiger partial charge in [0, 0.05) is 26.2 Å². The van der Waals surface area contributed by atoms with E-state index >= 15 is 0 Å². The minimum Gasteiger partial charge on any atom is -0.353 e. The third kappa shape index (κ3) is 4.91. The van der Waals surface area contributed by atoms with Crippen molar-refractivity contribution in [3.63, 3.8) is 0 Å². The molecule has 160 valence electrons. The average molecular weight is 420 g/mol. The van der Waals surface area contributed by atoms with Gasteiger partial charge in [0.1, 0.15) is 5.82 Å². The predicted octanol–water partition coefficient (Wildman–Crippen LogP) is 3.29. The number of halogens is 1. The zero-order valence-corrected chi connectivity index (χ0v) is 17.5. The standard InChI is InChI=1S/C25H26FN3O2/c1-17-9-10-18(13-22(17)26)15-28-24(30)14-23-25(31)27-11-12-29(23)16-20-7-4-6-19-5-2-3-8-21(19)20/h2-10,13,23H,11-12,14-16H2,1H3,(H,27,31)(H,28,30)/t23-/m1/s1. The zero-order chi connectivity index (χ0) is 21.8. The molecule has 0 radical (unpaired) electrons. The summed E-state index contributed by atoms with van der Waals surface area (Å²) in [5.74, 6) is -0.659. The lowest BCUT2D eigenvalue weighted by molar-refractivity contribution is -0.134. The molecule has 1 aliphatic heterocycles. The third-order valence-corrected chi connectivity index (χ3v) is 5.80. The lowest BCUT2D eigenvalue weighted by Gasteiger charge is -2.35. The molecule has 0 aliphatic carbocycles. The Hall–Kier alpha value is -3.25. The highest BCUT2D eigenvalue weighted by atomic mass is 19.1. The Balaban J connectivity index is 1.44. The lowest BCUT2D eigenvalue weighted by Crippen LogP contribution is -2.56. The van der Waals surface area contributed by atoms with Crippen LogP contribution in [0, 0.1) is 12.7 Å². The van der Waals surface area contributed by atoms with Crippen LogP contribution in [0.15, 0.2) is 60.7 Å². The van der Waals surface area contributed by atoms with Gasteiger partial charge >= 0.3 is 0 Å². The normalized spacial score (nSPS) is 16.8. The Morgan fingerprint density at radius 1 is 1.16 bits per heavy atom. The topological polar surface area (TPSA) is 61.4 Å². The molecule has 0 bridgehead atoms. The number of aryl methyl sites for hydroxylation is 1. The van der Waals surface area contributed by atoms with Crippen LogP contribution in [-0.2, 0) is 22.7 Å². The number of fused-ring (bicyclic) bond motifs is 1. The van der Waals surface area contributed by atoms with Crippen LogP contribution in [0.1, 0.15) is 23.1 Å². The molecule has 5 nitrogen and oxygen atoms in total. The van der Waals surface area contributed by atoms with Crippen molar-refractivity contribution >= 4 is 22.6 Å². The molecule has 6 heteroatoms. The number of rotatable bonds is 6. The highest BCUT2D eigenvalue weighted by Crippen LogP contribution is 2.22. The van der Waals surface area contributed by atoms with Crippen molar-refractivity contribution in [2.75, 3.05) is 13.1 Å². The Labute approximate surface area is 181 Å². The van der Waals surface area contributed by atoms with Gasteiger partial charge in [-0.05, 0) is 40.5 Å². The van der Waals surface area contributed by atoms with Gasteiger partial charge in [-0.2, -0.15) is 0 Å². The molecule has 1 heterocycles. The Bertz CT molecular complexity index is 1110. The molecule has 0 aromatic heterocycles. The summed E-state index contributed by atoms with van der Waals surface area (Å²) in [5.41, 5.74) is 2.39. The number of hydrogen-bond acceptors (Lipinski definition) is 3. The molecular weight excluding hydrogens is 393 g/mol. The first-order valence-electron chi connectivity index (χ1n) is 10.5. The summed E-state index contributed by atoms with van der Waals surface area (Å²) in [4.78, 5) is 27.2. The van der Waals surface area contributed by atoms with Gasteiger partial charge in [0.2, 0.25) is 11.8 Å². The van der Waals surface area contributed by atoms with Crippen LogP contribution in [0.4, 0.5) is 4.39 Å². The smallest absolute Gasteiger partial charge is 0.237 e. The maximum atomic E-state index is 13.7. The van der Waals surface area contributed by atoms with Crippen molar-refractivity contribution in [3.8, 4) is 0 Å². The van der Waals surface area contributed by atoms with Gasteiger partial charge in [0.25, 0.3) is 0 Å². The van der Waals surface area contributed by atoms with E-state index in [9.17, 15) is 14.0 Å². The van der Waals surface area contributed by atoms with E-state index in [1.54, 1.807) is 19.1 Å². The van der Waals surface area contributed by atoms with Gasteiger partial charge in [-0.1, -0.05) is 54.6 Å². The maximum absolute atomic E-state index is 13.7. The first-order valence-corrected chi connectivity index (χ1v) is 10.5. The van der Waals surface area contributed by atoms with Crippen molar-refractivity contribution in [3.05, 3.63) is 83.2 Å². The number of nitrogens with zero attached hydrogens (tertiary/aromatic N) is 1. The van der Waals surface area contributed by atoms with Crippen molar-refractivity contribution in [1.82, 2.24) is 15.5 Å². The van der Waals surface area contributed by atoms with Crippen LogP contribution < -0.4 is 10.6 Å². The van der Waals surface area contributed by atoms with Gasteiger partial charge in [-0.15, -0.1) is 0 Å². The van der Waals surface area contributed by atoms with Crippen molar-refractivity contribution in [2.24, 2.45) is 0 Å². The first kappa shape index (κ1) is 21.0. The van der Waals surface area contributed by atoms with Crippen molar-refractivity contribution < 1.29 is 14.0 Å². The number of amides is 2. The van der Waals surface area contributed by atoms with E-state index in [2.05, 4.69) is 39.8 Å². The maximum Gasteiger partial charge on any atom is 0.237 e. The molecule has 4 rings (SSSR count). The van der Waals surface area contributed by atoms with Crippen LogP contribution in [0.25, 0.3) is 10.8 Å². The monoisotopic (exact) mass is 419 g/mol. The molecule has 31 heavy (non-hydrogen) atoms. The first-order chi connectivity index (χ1) is 15.0. The third-order valence-electron chi connectivity index (χ3n) is 5.80. The number of carbonyl (C=O) groups is 2. The Kier molecular flexibility index (Phi) is 6.28. The van der Waals surface area contributed by atoms with Crippen LogP contribution in [0.5, 0.6) is 0 Å². The van der Waals surface area contributed by atoms with E-state index in [0.29, 0.717) is 30.8 Å². The van der Waals surface area contributed by atoms with Gasteiger partial charge in [-0.3, -0.25) is 14.5 Å². The summed E-state index contributed by atoms with van der Waals surface area (Å²) < 4.78 is 13.7. The Morgan fingerprint density at radius 3 is 2.81 bits per heavy atom. The lowest BCUT2D eigenvalue weighted by atomic mass is 10.0. The molecule has 2 N–H and O–H groups in total.